The molecular weight excluding hydrogens is 75.0 g/mol. The average Bonchev–Trinajstić information content (AvgIpc) is 1.41. The second-order valence-corrected chi connectivity index (χ2v) is 0.442. The second kappa shape index (κ2) is 3.85. The lowest BCUT2D eigenvalue weighted by Crippen LogP contribution is -1.86. The lowest BCUT2D eigenvalue weighted by molar-refractivity contribution is -0.0419. The van der Waals surface area contributed by atoms with E-state index in [-0.39, 0.29) is 0 Å². The molecule has 0 atom stereocenters. The van der Waals surface area contributed by atoms with Gasteiger partial charge in [0.1, 0.15) is 6.79 Å². The number of hydrogen-bond donors (Lipinski definition) is 1. The van der Waals surface area contributed by atoms with Gasteiger partial charge < -0.3 is 9.84 Å². The SMILES string of the molecule is OCOCF. The van der Waals surface area contributed by atoms with E-state index in [9.17, 15) is 4.39 Å². The summed E-state index contributed by atoms with van der Waals surface area (Å²) in [5.41, 5.74) is 0. The Morgan fingerprint density at radius 1 is 1.80 bits per heavy atom. The molecule has 0 heterocycles. The zero-order valence-corrected chi connectivity index (χ0v) is 2.65. The van der Waals surface area contributed by atoms with Crippen LogP contribution < -0.4 is 0 Å². The highest BCUT2D eigenvalue weighted by atomic mass is 19.1. The van der Waals surface area contributed by atoms with Gasteiger partial charge in [-0.15, -0.1) is 0 Å². The quantitative estimate of drug-likeness (QED) is 0.468. The third-order valence-electron chi connectivity index (χ3n) is 0.168. The van der Waals surface area contributed by atoms with Crippen LogP contribution in [0.3, 0.4) is 0 Å². The topological polar surface area (TPSA) is 29.5 Å². The summed E-state index contributed by atoms with van der Waals surface area (Å²) in [6.07, 6.45) is 0. The maximum absolute atomic E-state index is 10.6. The van der Waals surface area contributed by atoms with Gasteiger partial charge in [-0.2, -0.15) is 0 Å². The Bertz CT molecular complexity index is 15.1. The second-order valence-electron chi connectivity index (χ2n) is 0.442. The van der Waals surface area contributed by atoms with Crippen molar-refractivity contribution in [3.63, 3.8) is 0 Å². The van der Waals surface area contributed by atoms with Crippen molar-refractivity contribution in [2.24, 2.45) is 0 Å². The number of hydrogen-bond acceptors (Lipinski definition) is 2. The summed E-state index contributed by atoms with van der Waals surface area (Å²) < 4.78 is 14.3. The molecule has 0 bridgehead atoms. The molecule has 5 heavy (non-hydrogen) atoms. The summed E-state index contributed by atoms with van der Waals surface area (Å²) in [7, 11) is 0. The minimum Gasteiger partial charge on any atom is -0.371 e. The zero-order valence-electron chi connectivity index (χ0n) is 2.65. The van der Waals surface area contributed by atoms with Gasteiger partial charge in [0.05, 0.1) is 0 Å². The molecule has 0 aliphatic rings. The molecule has 0 unspecified atom stereocenters. The minimum atomic E-state index is -0.906. The molecule has 0 aliphatic carbocycles. The van der Waals surface area contributed by atoms with Crippen molar-refractivity contribution in [3.8, 4) is 0 Å². The monoisotopic (exact) mass is 80.0 g/mol. The van der Waals surface area contributed by atoms with E-state index in [0.717, 1.165) is 0 Å². The molecule has 0 spiro atoms. The largest absolute Gasteiger partial charge is 0.371 e. The predicted molar refractivity (Wildman–Crippen MR) is 14.1 cm³/mol. The molecule has 1 N–H and O–H groups in total. The fraction of sp³-hybridized carbons (Fsp3) is 1.00. The van der Waals surface area contributed by atoms with E-state index in [4.69, 9.17) is 5.11 Å². The Labute approximate surface area is 29.2 Å². The molecule has 32 valence electrons. The van der Waals surface area contributed by atoms with Crippen molar-refractivity contribution in [1.29, 1.82) is 0 Å². The molecule has 2 nitrogen and oxygen atoms in total. The molecular formula is C2H5FO2. The van der Waals surface area contributed by atoms with Crippen LogP contribution >= 0.6 is 0 Å². The van der Waals surface area contributed by atoms with Crippen LogP contribution in [-0.2, 0) is 4.74 Å². The smallest absolute Gasteiger partial charge is 0.191 e. The van der Waals surface area contributed by atoms with Gasteiger partial charge in [0.25, 0.3) is 0 Å². The molecule has 0 aromatic carbocycles. The third-order valence-corrected chi connectivity index (χ3v) is 0.168. The third kappa shape index (κ3) is 3.85. The summed E-state index contributed by atoms with van der Waals surface area (Å²) in [5, 5.41) is 7.60. The van der Waals surface area contributed by atoms with Crippen LogP contribution in [0.25, 0.3) is 0 Å². The van der Waals surface area contributed by atoms with Gasteiger partial charge in [-0.05, 0) is 0 Å². The van der Waals surface area contributed by atoms with E-state index in [1.165, 1.54) is 0 Å². The predicted octanol–water partition coefficient (Wildman–Crippen LogP) is -0.120. The van der Waals surface area contributed by atoms with Crippen molar-refractivity contribution in [1.82, 2.24) is 0 Å². The van der Waals surface area contributed by atoms with E-state index in [0.29, 0.717) is 0 Å². The Kier molecular flexibility index (Phi) is 3.73. The van der Waals surface area contributed by atoms with Gasteiger partial charge in [-0.25, -0.2) is 4.39 Å². The van der Waals surface area contributed by atoms with Crippen molar-refractivity contribution in [2.75, 3.05) is 13.7 Å². The van der Waals surface area contributed by atoms with E-state index in [1.54, 1.807) is 0 Å². The van der Waals surface area contributed by atoms with E-state index >= 15 is 0 Å². The van der Waals surface area contributed by atoms with Crippen molar-refractivity contribution in [2.45, 2.75) is 0 Å². The van der Waals surface area contributed by atoms with Crippen molar-refractivity contribution in [3.05, 3.63) is 0 Å². The van der Waals surface area contributed by atoms with Crippen LogP contribution in [0.15, 0.2) is 0 Å². The van der Waals surface area contributed by atoms with Crippen LogP contribution in [0.4, 0.5) is 4.39 Å². The number of rotatable bonds is 2. The van der Waals surface area contributed by atoms with E-state index in [2.05, 4.69) is 4.74 Å². The average molecular weight is 80.1 g/mol. The summed E-state index contributed by atoms with van der Waals surface area (Å²) in [4.78, 5) is 0. The van der Waals surface area contributed by atoms with Crippen LogP contribution in [0, 0.1) is 0 Å². The number of alkyl halides is 1. The van der Waals surface area contributed by atoms with Crippen LogP contribution in [0.2, 0.25) is 0 Å². The number of halogens is 1. The summed E-state index contributed by atoms with van der Waals surface area (Å²) >= 11 is 0. The maximum Gasteiger partial charge on any atom is 0.191 e. The standard InChI is InChI=1S/C2H5FO2/c3-1-5-2-4/h4H,1-2H2. The van der Waals surface area contributed by atoms with Gasteiger partial charge in [0.2, 0.25) is 0 Å². The Hall–Kier alpha value is -0.150. The first kappa shape index (κ1) is 4.85. The number of ether oxygens (including phenoxy) is 1. The van der Waals surface area contributed by atoms with Gasteiger partial charge >= 0.3 is 0 Å². The highest BCUT2D eigenvalue weighted by molar-refractivity contribution is 3.83. The molecule has 0 saturated heterocycles. The fourth-order valence-corrected chi connectivity index (χ4v) is 0.0345. The molecule has 0 rings (SSSR count). The minimum absolute atomic E-state index is 0.531. The van der Waals surface area contributed by atoms with Crippen LogP contribution in [0.5, 0.6) is 0 Å². The van der Waals surface area contributed by atoms with Gasteiger partial charge in [0, 0.05) is 0 Å². The number of aliphatic hydroxyl groups is 1. The van der Waals surface area contributed by atoms with E-state index in [1.807, 2.05) is 0 Å². The van der Waals surface area contributed by atoms with Crippen molar-refractivity contribution < 1.29 is 14.2 Å². The summed E-state index contributed by atoms with van der Waals surface area (Å²) in [6.45, 7) is -1.44. The molecule has 3 heteroatoms. The molecule has 0 fully saturated rings. The molecule has 0 aliphatic heterocycles. The number of aliphatic hydroxyl groups excluding tert-OH is 1. The highest BCUT2D eigenvalue weighted by Gasteiger charge is 1.68. The Balaban J connectivity index is 2.19. The highest BCUT2D eigenvalue weighted by Crippen LogP contribution is 1.65. The van der Waals surface area contributed by atoms with Crippen LogP contribution in [0.1, 0.15) is 0 Å². The summed E-state index contributed by atoms with van der Waals surface area (Å²) in [6, 6.07) is 0. The van der Waals surface area contributed by atoms with Crippen molar-refractivity contribution >= 4 is 0 Å². The molecule has 0 amide bonds. The van der Waals surface area contributed by atoms with Gasteiger partial charge in [-0.1, -0.05) is 0 Å². The first-order valence-electron chi connectivity index (χ1n) is 1.16. The Morgan fingerprint density at radius 2 is 2.40 bits per heavy atom. The first-order chi connectivity index (χ1) is 2.41. The fourth-order valence-electron chi connectivity index (χ4n) is 0.0345. The lowest BCUT2D eigenvalue weighted by atomic mass is 11.4. The molecule has 0 saturated carbocycles. The van der Waals surface area contributed by atoms with Gasteiger partial charge in [-0.3, -0.25) is 0 Å². The van der Waals surface area contributed by atoms with Gasteiger partial charge in [0.15, 0.2) is 6.86 Å². The maximum atomic E-state index is 10.6. The molecule has 0 aromatic rings. The lowest BCUT2D eigenvalue weighted by Gasteiger charge is -1.82. The zero-order chi connectivity index (χ0) is 4.12. The Morgan fingerprint density at radius 3 is 2.40 bits per heavy atom. The normalized spacial score (nSPS) is 8.40. The van der Waals surface area contributed by atoms with E-state index < -0.39 is 13.7 Å². The first-order valence-corrected chi connectivity index (χ1v) is 1.16. The van der Waals surface area contributed by atoms with Crippen LogP contribution in [-0.4, -0.2) is 18.8 Å². The summed E-state index contributed by atoms with van der Waals surface area (Å²) in [5.74, 6) is 0. The molecule has 0 radical (unpaired) electrons. The molecule has 0 aromatic heterocycles.